The molecule has 2 aromatic carbocycles. The van der Waals surface area contributed by atoms with Gasteiger partial charge in [0.2, 0.25) is 0 Å². The fraction of sp³-hybridized carbons (Fsp3) is 0.500. The average Bonchev–Trinajstić information content (AvgIpc) is 4.23. The molecule has 6 nitrogen and oxygen atoms in total. The van der Waals surface area contributed by atoms with Crippen molar-refractivity contribution in [3.8, 4) is 11.4 Å². The van der Waals surface area contributed by atoms with Crippen molar-refractivity contribution in [1.29, 1.82) is 0 Å². The van der Waals surface area contributed by atoms with Crippen molar-refractivity contribution in [2.45, 2.75) is 158 Å². The highest BCUT2D eigenvalue weighted by atomic mass is 32.1. The second-order valence-corrected chi connectivity index (χ2v) is 26.2. The maximum Gasteiger partial charge on any atom is 0.762 e. The van der Waals surface area contributed by atoms with Gasteiger partial charge in [-0.2, -0.15) is 32.9 Å². The van der Waals surface area contributed by atoms with Gasteiger partial charge in [-0.3, -0.25) is 12.9 Å². The van der Waals surface area contributed by atoms with Crippen LogP contribution in [0.25, 0.3) is 23.5 Å². The van der Waals surface area contributed by atoms with Gasteiger partial charge in [0.05, 0.1) is 40.8 Å². The van der Waals surface area contributed by atoms with E-state index in [1.54, 1.807) is 52.5 Å². The molecule has 4 aromatic heterocycles. The van der Waals surface area contributed by atoms with E-state index in [1.807, 2.05) is 54.0 Å². The van der Waals surface area contributed by atoms with Gasteiger partial charge in [0.1, 0.15) is 11.6 Å². The summed E-state index contributed by atoms with van der Waals surface area (Å²) in [7, 11) is -3.84. The van der Waals surface area contributed by atoms with Crippen molar-refractivity contribution in [3.63, 3.8) is 0 Å². The smallest absolute Gasteiger partial charge is 0.385 e. The first kappa shape index (κ1) is 63.1. The minimum Gasteiger partial charge on any atom is -0.385 e. The van der Waals surface area contributed by atoms with Crippen molar-refractivity contribution in [2.75, 3.05) is 13.2 Å². The second-order valence-electron chi connectivity index (χ2n) is 20.5. The number of aliphatic hydroxyl groups is 1. The molecular formula is C60H84BF5N4O2S2Si. The molecule has 0 spiro atoms. The van der Waals surface area contributed by atoms with Crippen molar-refractivity contribution >= 4 is 51.2 Å². The van der Waals surface area contributed by atoms with E-state index in [1.165, 1.54) is 83.2 Å². The van der Waals surface area contributed by atoms with Gasteiger partial charge in [0.15, 0.2) is 0 Å². The van der Waals surface area contributed by atoms with E-state index in [0.717, 1.165) is 74.4 Å². The zero-order valence-corrected chi connectivity index (χ0v) is 47.1. The number of hydrogen-bond acceptors (Lipinski definition) is 6. The van der Waals surface area contributed by atoms with Crippen LogP contribution in [0.4, 0.5) is 21.7 Å². The lowest BCUT2D eigenvalue weighted by atomic mass is 9.55. The lowest BCUT2D eigenvalue weighted by Crippen LogP contribution is -2.47. The Bertz CT molecular complexity index is 2660. The number of benzene rings is 2. The Hall–Kier alpha value is -4.41. The van der Waals surface area contributed by atoms with Gasteiger partial charge in [-0.05, 0) is 211 Å². The highest BCUT2D eigenvalue weighted by molar-refractivity contribution is 7.08. The molecule has 2 fully saturated rings. The van der Waals surface area contributed by atoms with E-state index in [9.17, 15) is 26.8 Å². The molecule has 0 bridgehead atoms. The third-order valence-electron chi connectivity index (χ3n) is 16.2. The number of fused-ring (bicyclic) bond motifs is 4. The van der Waals surface area contributed by atoms with Crippen molar-refractivity contribution in [3.05, 3.63) is 151 Å². The van der Waals surface area contributed by atoms with E-state index in [4.69, 9.17) is 4.74 Å². The molecule has 2 saturated carbocycles. The molecule has 1 N–H and O–H groups in total. The number of rotatable bonds is 11. The quantitative estimate of drug-likeness (QED) is 0.104. The van der Waals surface area contributed by atoms with Gasteiger partial charge in [0.25, 0.3) is 0 Å². The highest BCUT2D eigenvalue weighted by Gasteiger charge is 2.51. The summed E-state index contributed by atoms with van der Waals surface area (Å²) in [5.74, 6) is 0.893. The Labute approximate surface area is 456 Å². The predicted molar refractivity (Wildman–Crippen MR) is 311 cm³/mol. The van der Waals surface area contributed by atoms with E-state index < -0.39 is 13.1 Å². The number of hydrogen-bond donors (Lipinski definition) is 1. The zero-order valence-electron chi connectivity index (χ0n) is 44.3. The summed E-state index contributed by atoms with van der Waals surface area (Å²) in [4.78, 5) is 0. The number of allylic oxidation sites excluding steroid dienone is 2. The topological polar surface area (TPSA) is 65.1 Å². The SMILES string of the molecule is C.C.CC(O)(c1ccsc1)[C@H]1CCCC2=Cc3c(cnn3-c3ccc(F)cc3)C[C@@]21C.CC(c1ccsc1)[C@H]1CCCC2=Cc3c(cnn3-c3ccc(F)cc3)C[C@@]21C.CCOCC.CC[SiH](CC)CC.FB(F)F. The summed E-state index contributed by atoms with van der Waals surface area (Å²) in [5, 5.41) is 29.5. The third kappa shape index (κ3) is 15.0. The van der Waals surface area contributed by atoms with E-state index in [2.05, 4.69) is 86.1 Å². The van der Waals surface area contributed by atoms with E-state index >= 15 is 0 Å². The van der Waals surface area contributed by atoms with E-state index in [0.29, 0.717) is 11.8 Å². The molecule has 410 valence electrons. The van der Waals surface area contributed by atoms with Gasteiger partial charge in [-0.1, -0.05) is 85.7 Å². The largest absolute Gasteiger partial charge is 0.762 e. The Morgan fingerprint density at radius 1 is 0.720 bits per heavy atom. The Morgan fingerprint density at radius 3 is 1.59 bits per heavy atom. The van der Waals surface area contributed by atoms with Crippen LogP contribution >= 0.6 is 22.7 Å². The molecule has 75 heavy (non-hydrogen) atoms. The van der Waals surface area contributed by atoms with Gasteiger partial charge < -0.3 is 9.84 Å². The molecule has 6 atom stereocenters. The molecule has 0 radical (unpaired) electrons. The molecular weight excluding hydrogens is 1010 g/mol. The van der Waals surface area contributed by atoms with Crippen molar-refractivity contribution < 1.29 is 31.6 Å². The summed E-state index contributed by atoms with van der Waals surface area (Å²) in [6, 6.07) is 21.9. The number of thiophene rings is 2. The van der Waals surface area contributed by atoms with Crippen LogP contribution in [0.15, 0.2) is 106 Å². The zero-order chi connectivity index (χ0) is 52.9. The summed E-state index contributed by atoms with van der Waals surface area (Å²) in [5.41, 5.74) is 11.2. The maximum absolute atomic E-state index is 13.3. The summed E-state index contributed by atoms with van der Waals surface area (Å²) in [6.45, 7) is 21.8. The molecule has 4 aliphatic carbocycles. The molecule has 0 aliphatic heterocycles. The van der Waals surface area contributed by atoms with Gasteiger partial charge >= 0.3 is 7.54 Å². The van der Waals surface area contributed by atoms with Crippen LogP contribution in [-0.4, -0.2) is 54.2 Å². The van der Waals surface area contributed by atoms with Crippen LogP contribution in [0.1, 0.15) is 155 Å². The van der Waals surface area contributed by atoms with Crippen LogP contribution < -0.4 is 0 Å². The molecule has 0 amide bonds. The molecule has 10 rings (SSSR count). The van der Waals surface area contributed by atoms with Crippen LogP contribution in [0, 0.1) is 34.3 Å². The van der Waals surface area contributed by atoms with Crippen LogP contribution in [0.3, 0.4) is 0 Å². The fourth-order valence-corrected chi connectivity index (χ4v) is 15.3. The second kappa shape index (κ2) is 28.8. The standard InChI is InChI=1S/C24H25FN2OS.C24H25FN2S.C6H16Si.C4H10O.2CH4.BF3/c1-23-13-16-14-26-27(20-8-6-19(25)7-9-20)21(16)12-17(23)4-3-5-22(23)24(2,28)18-10-11-29-15-18;1-16(17-10-11-28-15-17)22-5-3-4-19-12-23-18(13-24(19,22)2)14-26-27(23)21-8-6-20(25)7-9-21;1-4-7(5-2)6-3;1-3-5-4-2;;;2-1(3)4/h6-12,14-15,22,28H,3-5,13H2,1-2H3;6-12,14-16,22H,3-5,13H2,1-2H3;7H,4-6H2,1-3H3;3-4H2,1-2H3;2*1H4;/t22-,23-,24?;16?,22-,24+;;;;;/m01...../s1. The van der Waals surface area contributed by atoms with Gasteiger partial charge in [0, 0.05) is 27.9 Å². The molecule has 15 heteroatoms. The lowest BCUT2D eigenvalue weighted by molar-refractivity contribution is -0.0656. The minimum atomic E-state index is -3.67. The average molecular weight is 1090 g/mol. The third-order valence-corrected chi connectivity index (χ3v) is 21.1. The highest BCUT2D eigenvalue weighted by Crippen LogP contribution is 2.57. The number of aromatic nitrogens is 4. The van der Waals surface area contributed by atoms with E-state index in [-0.39, 0.29) is 52.0 Å². The van der Waals surface area contributed by atoms with Gasteiger partial charge in [-0.25, -0.2) is 18.1 Å². The summed E-state index contributed by atoms with van der Waals surface area (Å²) >= 11 is 3.43. The molecule has 4 aliphatic rings. The molecule has 6 aromatic rings. The van der Waals surface area contributed by atoms with Crippen molar-refractivity contribution in [2.24, 2.45) is 22.7 Å². The minimum absolute atomic E-state index is 0. The van der Waals surface area contributed by atoms with Crippen LogP contribution in [0.5, 0.6) is 0 Å². The fourth-order valence-electron chi connectivity index (χ4n) is 12.0. The summed E-state index contributed by atoms with van der Waals surface area (Å²) in [6.07, 6.45) is 17.3. The lowest BCUT2D eigenvalue weighted by Gasteiger charge is -2.51. The molecule has 2 unspecified atom stereocenters. The van der Waals surface area contributed by atoms with Crippen LogP contribution in [-0.2, 0) is 23.2 Å². The Morgan fingerprint density at radius 2 is 1.17 bits per heavy atom. The monoisotopic (exact) mass is 1090 g/mol. The van der Waals surface area contributed by atoms with Crippen LogP contribution in [0.2, 0.25) is 18.1 Å². The number of ether oxygens (including phenoxy) is 1. The number of halogens is 5. The normalized spacial score (nSPS) is 21.1. The molecule has 0 saturated heterocycles. The maximum atomic E-state index is 13.3. The first-order valence-electron chi connectivity index (χ1n) is 26.3. The Balaban J connectivity index is 0.000000247. The first-order valence-corrected chi connectivity index (χ1v) is 30.6. The Kier molecular flexibility index (Phi) is 24.3. The van der Waals surface area contributed by atoms with Gasteiger partial charge in [-0.15, -0.1) is 0 Å². The number of nitrogens with zero attached hydrogens (tertiary/aromatic N) is 4. The molecule has 4 heterocycles. The summed E-state index contributed by atoms with van der Waals surface area (Å²) < 4.78 is 64.4. The van der Waals surface area contributed by atoms with Crippen molar-refractivity contribution in [1.82, 2.24) is 19.6 Å². The first-order chi connectivity index (χ1) is 34.9. The predicted octanol–water partition coefficient (Wildman–Crippen LogP) is 17.8.